The van der Waals surface area contributed by atoms with Crippen molar-refractivity contribution < 1.29 is 4.79 Å². The summed E-state index contributed by atoms with van der Waals surface area (Å²) < 4.78 is 0. The highest BCUT2D eigenvalue weighted by Gasteiger charge is 2.23. The van der Waals surface area contributed by atoms with E-state index in [0.717, 1.165) is 51.2 Å². The van der Waals surface area contributed by atoms with Crippen molar-refractivity contribution in [1.29, 1.82) is 0 Å². The van der Waals surface area contributed by atoms with Crippen molar-refractivity contribution >= 4 is 5.91 Å². The van der Waals surface area contributed by atoms with Gasteiger partial charge in [-0.3, -0.25) is 4.79 Å². The number of carbonyl (C=O) groups is 1. The molecule has 0 bridgehead atoms. The fourth-order valence-corrected chi connectivity index (χ4v) is 2.41. The van der Waals surface area contributed by atoms with Gasteiger partial charge in [0.05, 0.1) is 0 Å². The molecule has 1 amide bonds. The van der Waals surface area contributed by atoms with Gasteiger partial charge >= 0.3 is 0 Å². The second-order valence-corrected chi connectivity index (χ2v) is 5.21. The van der Waals surface area contributed by atoms with Gasteiger partial charge in [-0.2, -0.15) is 0 Å². The Morgan fingerprint density at radius 3 is 2.75 bits per heavy atom. The fourth-order valence-electron chi connectivity index (χ4n) is 2.41. The van der Waals surface area contributed by atoms with Gasteiger partial charge in [0.1, 0.15) is 0 Å². The lowest BCUT2D eigenvalue weighted by molar-refractivity contribution is -0.130. The van der Waals surface area contributed by atoms with Crippen molar-refractivity contribution in [3.63, 3.8) is 0 Å². The monoisotopic (exact) mass is 226 g/mol. The van der Waals surface area contributed by atoms with Crippen LogP contribution in [0, 0.1) is 11.8 Å². The lowest BCUT2D eigenvalue weighted by atomic mass is 9.89. The summed E-state index contributed by atoms with van der Waals surface area (Å²) in [5.74, 6) is 1.78. The molecule has 0 saturated carbocycles. The third-order valence-corrected chi connectivity index (χ3v) is 3.68. The van der Waals surface area contributed by atoms with Crippen molar-refractivity contribution in [3.8, 4) is 0 Å². The van der Waals surface area contributed by atoms with Crippen LogP contribution in [0.3, 0.4) is 0 Å². The summed E-state index contributed by atoms with van der Waals surface area (Å²) in [6.45, 7) is 7.11. The first-order valence-electron chi connectivity index (χ1n) is 6.63. The molecule has 0 aromatic carbocycles. The molecule has 3 nitrogen and oxygen atoms in total. The number of nitrogens with zero attached hydrogens (tertiary/aromatic N) is 1. The van der Waals surface area contributed by atoms with Crippen LogP contribution in [0.2, 0.25) is 0 Å². The van der Waals surface area contributed by atoms with Crippen LogP contribution in [0.1, 0.15) is 46.0 Å². The van der Waals surface area contributed by atoms with Gasteiger partial charge in [-0.05, 0) is 44.1 Å². The van der Waals surface area contributed by atoms with Gasteiger partial charge in [-0.15, -0.1) is 0 Å². The van der Waals surface area contributed by atoms with Crippen LogP contribution >= 0.6 is 0 Å². The quantitative estimate of drug-likeness (QED) is 0.729. The third kappa shape index (κ3) is 4.12. The van der Waals surface area contributed by atoms with E-state index in [1.165, 1.54) is 6.42 Å². The summed E-state index contributed by atoms with van der Waals surface area (Å²) in [6, 6.07) is 0. The van der Waals surface area contributed by atoms with Crippen LogP contribution in [0.4, 0.5) is 0 Å². The number of carbonyl (C=O) groups excluding carboxylic acids is 1. The van der Waals surface area contributed by atoms with E-state index >= 15 is 0 Å². The highest BCUT2D eigenvalue weighted by atomic mass is 16.2. The molecule has 0 aromatic rings. The molecule has 1 rings (SSSR count). The van der Waals surface area contributed by atoms with Crippen LogP contribution in [0.5, 0.6) is 0 Å². The van der Waals surface area contributed by atoms with E-state index in [4.69, 9.17) is 5.73 Å². The van der Waals surface area contributed by atoms with E-state index in [1.807, 2.05) is 4.90 Å². The summed E-state index contributed by atoms with van der Waals surface area (Å²) in [4.78, 5) is 13.9. The van der Waals surface area contributed by atoms with Crippen LogP contribution < -0.4 is 5.73 Å². The van der Waals surface area contributed by atoms with Gasteiger partial charge in [0.2, 0.25) is 5.91 Å². The highest BCUT2D eigenvalue weighted by molar-refractivity contribution is 5.76. The molecule has 1 atom stereocenters. The standard InChI is InChI=1S/C13H26N2O/c1-11(2)12-5-6-13(16)15(10-7-12)9-4-3-8-14/h11-12H,3-10,14H2,1-2H3. The van der Waals surface area contributed by atoms with Gasteiger partial charge in [-0.25, -0.2) is 0 Å². The minimum atomic E-state index is 0.347. The molecule has 1 aliphatic rings. The summed E-state index contributed by atoms with van der Waals surface area (Å²) in [5, 5.41) is 0. The van der Waals surface area contributed by atoms with Crippen molar-refractivity contribution in [3.05, 3.63) is 0 Å². The van der Waals surface area contributed by atoms with Crippen molar-refractivity contribution in [2.45, 2.75) is 46.0 Å². The molecule has 0 aliphatic carbocycles. The summed E-state index contributed by atoms with van der Waals surface area (Å²) in [5.41, 5.74) is 5.47. The number of likely N-dealkylation sites (tertiary alicyclic amines) is 1. The van der Waals surface area contributed by atoms with Gasteiger partial charge in [0, 0.05) is 19.5 Å². The van der Waals surface area contributed by atoms with Crippen molar-refractivity contribution in [2.75, 3.05) is 19.6 Å². The zero-order valence-corrected chi connectivity index (χ0v) is 10.7. The largest absolute Gasteiger partial charge is 0.343 e. The van der Waals surface area contributed by atoms with Crippen molar-refractivity contribution in [1.82, 2.24) is 4.90 Å². The smallest absolute Gasteiger partial charge is 0.222 e. The summed E-state index contributed by atoms with van der Waals surface area (Å²) in [6.07, 6.45) is 5.06. The molecule has 1 unspecified atom stereocenters. The van der Waals surface area contributed by atoms with Crippen LogP contribution in [0.15, 0.2) is 0 Å². The Hall–Kier alpha value is -0.570. The number of unbranched alkanes of at least 4 members (excludes halogenated alkanes) is 1. The minimum Gasteiger partial charge on any atom is -0.343 e. The Morgan fingerprint density at radius 1 is 1.38 bits per heavy atom. The molecule has 0 aromatic heterocycles. The predicted octanol–water partition coefficient (Wildman–Crippen LogP) is 2.01. The lowest BCUT2D eigenvalue weighted by Gasteiger charge is -2.21. The van der Waals surface area contributed by atoms with E-state index in [0.29, 0.717) is 11.8 Å². The Kier molecular flexibility index (Phi) is 5.81. The molecule has 1 aliphatic heterocycles. The van der Waals surface area contributed by atoms with Gasteiger partial charge in [-0.1, -0.05) is 13.8 Å². The molecule has 0 spiro atoms. The van der Waals surface area contributed by atoms with Gasteiger partial charge < -0.3 is 10.6 Å². The Bertz CT molecular complexity index is 216. The molecule has 94 valence electrons. The van der Waals surface area contributed by atoms with Crippen LogP contribution in [-0.2, 0) is 4.79 Å². The molecular weight excluding hydrogens is 200 g/mol. The molecule has 1 heterocycles. The SMILES string of the molecule is CC(C)C1CCC(=O)N(CCCCN)CC1. The first-order valence-corrected chi connectivity index (χ1v) is 6.63. The maximum Gasteiger partial charge on any atom is 0.222 e. The zero-order valence-electron chi connectivity index (χ0n) is 10.7. The number of hydrogen-bond donors (Lipinski definition) is 1. The van der Waals surface area contributed by atoms with E-state index in [9.17, 15) is 4.79 Å². The fraction of sp³-hybridized carbons (Fsp3) is 0.923. The minimum absolute atomic E-state index is 0.347. The third-order valence-electron chi connectivity index (χ3n) is 3.68. The predicted molar refractivity (Wildman–Crippen MR) is 67.0 cm³/mol. The molecule has 1 fully saturated rings. The van der Waals surface area contributed by atoms with Crippen LogP contribution in [-0.4, -0.2) is 30.4 Å². The Balaban J connectivity index is 2.38. The number of nitrogens with two attached hydrogens (primary N) is 1. The van der Waals surface area contributed by atoms with E-state index in [-0.39, 0.29) is 0 Å². The molecule has 16 heavy (non-hydrogen) atoms. The summed E-state index contributed by atoms with van der Waals surface area (Å²) >= 11 is 0. The average Bonchev–Trinajstić information content (AvgIpc) is 2.42. The second kappa shape index (κ2) is 6.89. The van der Waals surface area contributed by atoms with Gasteiger partial charge in [0.25, 0.3) is 0 Å². The topological polar surface area (TPSA) is 46.3 Å². The van der Waals surface area contributed by atoms with Crippen molar-refractivity contribution in [2.24, 2.45) is 17.6 Å². The molecule has 2 N–H and O–H groups in total. The molecule has 1 saturated heterocycles. The lowest BCUT2D eigenvalue weighted by Crippen LogP contribution is -2.31. The van der Waals surface area contributed by atoms with Gasteiger partial charge in [0.15, 0.2) is 0 Å². The number of amides is 1. The first-order chi connectivity index (χ1) is 7.65. The first kappa shape index (κ1) is 13.5. The van der Waals surface area contributed by atoms with Crippen LogP contribution in [0.25, 0.3) is 0 Å². The Morgan fingerprint density at radius 2 is 2.12 bits per heavy atom. The molecule has 0 radical (unpaired) electrons. The maximum absolute atomic E-state index is 11.9. The molecule has 3 heteroatoms. The second-order valence-electron chi connectivity index (χ2n) is 5.21. The average molecular weight is 226 g/mol. The maximum atomic E-state index is 11.9. The van der Waals surface area contributed by atoms with E-state index in [2.05, 4.69) is 13.8 Å². The number of rotatable bonds is 5. The molecular formula is C13H26N2O. The highest BCUT2D eigenvalue weighted by Crippen LogP contribution is 2.25. The normalized spacial score (nSPS) is 22.6. The van der Waals surface area contributed by atoms with E-state index < -0.39 is 0 Å². The number of hydrogen-bond acceptors (Lipinski definition) is 2. The Labute approximate surface area is 99.4 Å². The summed E-state index contributed by atoms with van der Waals surface area (Å²) in [7, 11) is 0. The zero-order chi connectivity index (χ0) is 12.0. The van der Waals surface area contributed by atoms with E-state index in [1.54, 1.807) is 0 Å².